The number of nitro benzene ring substituents is 1. The number of amides is 2. The Hall–Kier alpha value is -2.39. The lowest BCUT2D eigenvalue weighted by Gasteiger charge is -2.42. The number of rotatable bonds is 8. The summed E-state index contributed by atoms with van der Waals surface area (Å²) < 4.78 is 0. The highest BCUT2D eigenvalue weighted by Gasteiger charge is 2.37. The van der Waals surface area contributed by atoms with Crippen LogP contribution in [0.1, 0.15) is 25.7 Å². The number of urea groups is 1. The molecule has 3 N–H and O–H groups in total. The van der Waals surface area contributed by atoms with Gasteiger partial charge in [0.1, 0.15) is 5.02 Å². The molecule has 0 bridgehead atoms. The first-order valence-corrected chi connectivity index (χ1v) is 9.17. The largest absolute Gasteiger partial charge is 0.480 e. The van der Waals surface area contributed by atoms with Crippen LogP contribution in [-0.4, -0.2) is 52.1 Å². The van der Waals surface area contributed by atoms with Crippen LogP contribution in [0.5, 0.6) is 0 Å². The van der Waals surface area contributed by atoms with E-state index < -0.39 is 16.9 Å². The fourth-order valence-corrected chi connectivity index (χ4v) is 3.50. The summed E-state index contributed by atoms with van der Waals surface area (Å²) in [5.74, 6) is -0.249. The zero-order chi connectivity index (χ0) is 19.6. The number of carboxylic acids is 1. The van der Waals surface area contributed by atoms with E-state index in [1.54, 1.807) is 0 Å². The summed E-state index contributed by atoms with van der Waals surface area (Å²) in [5.41, 5.74) is -0.108. The van der Waals surface area contributed by atoms with Crippen LogP contribution in [0.2, 0.25) is 5.02 Å². The number of nitrogens with one attached hydrogen (secondary N) is 2. The van der Waals surface area contributed by atoms with Crippen LogP contribution in [0, 0.1) is 16.0 Å². The van der Waals surface area contributed by atoms with Gasteiger partial charge in [-0.25, -0.2) is 4.79 Å². The average Bonchev–Trinajstić information content (AvgIpc) is 3.35. The third-order valence-corrected chi connectivity index (χ3v) is 5.31. The van der Waals surface area contributed by atoms with Gasteiger partial charge in [-0.2, -0.15) is 0 Å². The Morgan fingerprint density at radius 2 is 2.04 bits per heavy atom. The monoisotopic (exact) mass is 396 g/mol. The zero-order valence-electron chi connectivity index (χ0n) is 14.6. The molecule has 0 unspecified atom stereocenters. The summed E-state index contributed by atoms with van der Waals surface area (Å²) in [6, 6.07) is 3.78. The highest BCUT2D eigenvalue weighted by atomic mass is 35.5. The molecule has 0 spiro atoms. The smallest absolute Gasteiger partial charge is 0.319 e. The van der Waals surface area contributed by atoms with E-state index in [1.807, 2.05) is 4.90 Å². The summed E-state index contributed by atoms with van der Waals surface area (Å²) in [5, 5.41) is 25.2. The van der Waals surface area contributed by atoms with Crippen molar-refractivity contribution in [1.82, 2.24) is 10.2 Å². The Kier molecular flexibility index (Phi) is 5.81. The zero-order valence-corrected chi connectivity index (χ0v) is 15.3. The molecule has 1 aromatic carbocycles. The summed E-state index contributed by atoms with van der Waals surface area (Å²) in [7, 11) is 0. The number of hydrogen-bond donors (Lipinski definition) is 3. The molecule has 27 heavy (non-hydrogen) atoms. The lowest BCUT2D eigenvalue weighted by Crippen LogP contribution is -2.55. The van der Waals surface area contributed by atoms with Gasteiger partial charge in [0.05, 0.1) is 17.2 Å². The van der Waals surface area contributed by atoms with Crippen LogP contribution in [-0.2, 0) is 4.79 Å². The number of benzene rings is 1. The molecule has 2 fully saturated rings. The number of nitrogens with zero attached hydrogens (tertiary/aromatic N) is 2. The van der Waals surface area contributed by atoms with Gasteiger partial charge < -0.3 is 15.7 Å². The Morgan fingerprint density at radius 3 is 2.63 bits per heavy atom. The Labute approximate surface area is 160 Å². The molecule has 146 valence electrons. The van der Waals surface area contributed by atoms with Crippen molar-refractivity contribution in [2.75, 3.05) is 18.4 Å². The van der Waals surface area contributed by atoms with Crippen LogP contribution in [0.25, 0.3) is 0 Å². The lowest BCUT2D eigenvalue weighted by atomic mass is 9.85. The molecule has 0 aliphatic heterocycles. The van der Waals surface area contributed by atoms with E-state index in [9.17, 15) is 19.7 Å². The van der Waals surface area contributed by atoms with Crippen LogP contribution in [0.4, 0.5) is 16.2 Å². The van der Waals surface area contributed by atoms with E-state index in [0.29, 0.717) is 18.8 Å². The van der Waals surface area contributed by atoms with Crippen molar-refractivity contribution in [1.29, 1.82) is 0 Å². The van der Waals surface area contributed by atoms with Crippen LogP contribution < -0.4 is 10.6 Å². The normalized spacial score (nSPS) is 21.4. The topological polar surface area (TPSA) is 125 Å². The van der Waals surface area contributed by atoms with Crippen molar-refractivity contribution in [3.63, 3.8) is 0 Å². The van der Waals surface area contributed by atoms with Gasteiger partial charge in [0.25, 0.3) is 5.69 Å². The molecule has 1 aromatic rings. The molecule has 0 heterocycles. The van der Waals surface area contributed by atoms with E-state index >= 15 is 0 Å². The van der Waals surface area contributed by atoms with E-state index in [2.05, 4.69) is 10.6 Å². The van der Waals surface area contributed by atoms with Crippen LogP contribution >= 0.6 is 11.6 Å². The molecule has 9 nitrogen and oxygen atoms in total. The molecule has 3 rings (SSSR count). The van der Waals surface area contributed by atoms with Gasteiger partial charge in [-0.3, -0.25) is 19.8 Å². The number of carboxylic acid groups (broad SMARTS) is 1. The van der Waals surface area contributed by atoms with Gasteiger partial charge in [-0.05, 0) is 37.7 Å². The third kappa shape index (κ3) is 5.08. The second-order valence-electron chi connectivity index (χ2n) is 7.08. The van der Waals surface area contributed by atoms with Crippen molar-refractivity contribution >= 4 is 35.0 Å². The van der Waals surface area contributed by atoms with E-state index in [-0.39, 0.29) is 35.0 Å². The Morgan fingerprint density at radius 1 is 1.33 bits per heavy atom. The fourth-order valence-electron chi connectivity index (χ4n) is 3.25. The molecule has 2 amide bonds. The maximum absolute atomic E-state index is 12.1. The first-order chi connectivity index (χ1) is 12.8. The molecule has 0 aromatic heterocycles. The number of halogens is 1. The first-order valence-electron chi connectivity index (χ1n) is 8.79. The molecule has 0 radical (unpaired) electrons. The van der Waals surface area contributed by atoms with E-state index in [1.165, 1.54) is 18.2 Å². The SMILES string of the molecule is O=C(O)CN(CC1CC1)C1CC(NC(=O)Nc2cccc([N+](=O)[O-])c2Cl)C1. The Balaban J connectivity index is 1.49. The minimum absolute atomic E-state index is 0.0172. The molecule has 0 atom stereocenters. The summed E-state index contributed by atoms with van der Waals surface area (Å²) in [4.78, 5) is 35.4. The van der Waals surface area contributed by atoms with Gasteiger partial charge >= 0.3 is 12.0 Å². The van der Waals surface area contributed by atoms with Crippen molar-refractivity contribution in [2.24, 2.45) is 5.92 Å². The number of aliphatic carboxylic acids is 1. The van der Waals surface area contributed by atoms with Gasteiger partial charge in [0, 0.05) is 24.7 Å². The van der Waals surface area contributed by atoms with Crippen molar-refractivity contribution < 1.29 is 19.6 Å². The quantitative estimate of drug-likeness (QED) is 0.458. The highest BCUT2D eigenvalue weighted by Crippen LogP contribution is 2.34. The van der Waals surface area contributed by atoms with Crippen molar-refractivity contribution in [2.45, 2.75) is 37.8 Å². The predicted octanol–water partition coefficient (Wildman–Crippen LogP) is 2.70. The number of hydrogen-bond acceptors (Lipinski definition) is 5. The molecule has 2 aliphatic carbocycles. The molecule has 2 saturated carbocycles. The van der Waals surface area contributed by atoms with Crippen molar-refractivity contribution in [3.8, 4) is 0 Å². The first kappa shape index (κ1) is 19.4. The van der Waals surface area contributed by atoms with E-state index in [0.717, 1.165) is 19.4 Å². The van der Waals surface area contributed by atoms with Crippen molar-refractivity contribution in [3.05, 3.63) is 33.3 Å². The molecule has 2 aliphatic rings. The molecular formula is C17H21ClN4O5. The third-order valence-electron chi connectivity index (χ3n) is 4.92. The second kappa shape index (κ2) is 8.10. The second-order valence-corrected chi connectivity index (χ2v) is 7.46. The number of carbonyl (C=O) groups excluding carboxylic acids is 1. The van der Waals surface area contributed by atoms with Gasteiger partial charge in [0.15, 0.2) is 0 Å². The summed E-state index contributed by atoms with van der Waals surface area (Å²) in [6.07, 6.45) is 3.65. The summed E-state index contributed by atoms with van der Waals surface area (Å²) >= 11 is 5.95. The molecular weight excluding hydrogens is 376 g/mol. The van der Waals surface area contributed by atoms with Gasteiger partial charge in [-0.15, -0.1) is 0 Å². The van der Waals surface area contributed by atoms with Gasteiger partial charge in [0.2, 0.25) is 0 Å². The fraction of sp³-hybridized carbons (Fsp3) is 0.529. The standard InChI is InChI=1S/C17H21ClN4O5/c18-16-13(2-1-3-14(16)22(26)27)20-17(25)19-11-6-12(7-11)21(9-15(23)24)8-10-4-5-10/h1-3,10-12H,4-9H2,(H,23,24)(H2,19,20,25). The number of nitro groups is 1. The van der Waals surface area contributed by atoms with Crippen LogP contribution in [0.3, 0.4) is 0 Å². The molecule has 10 heteroatoms. The van der Waals surface area contributed by atoms with Gasteiger partial charge in [-0.1, -0.05) is 17.7 Å². The Bertz CT molecular complexity index is 749. The maximum atomic E-state index is 12.1. The number of anilines is 1. The minimum atomic E-state index is -0.842. The predicted molar refractivity (Wildman–Crippen MR) is 99.0 cm³/mol. The minimum Gasteiger partial charge on any atom is -0.480 e. The highest BCUT2D eigenvalue weighted by molar-refractivity contribution is 6.35. The summed E-state index contributed by atoms with van der Waals surface area (Å²) in [6.45, 7) is 0.808. The van der Waals surface area contributed by atoms with Crippen LogP contribution in [0.15, 0.2) is 18.2 Å². The lowest BCUT2D eigenvalue weighted by molar-refractivity contribution is -0.384. The van der Waals surface area contributed by atoms with E-state index in [4.69, 9.17) is 16.7 Å². The number of carbonyl (C=O) groups is 2. The maximum Gasteiger partial charge on any atom is 0.319 e. The molecule has 0 saturated heterocycles. The average molecular weight is 397 g/mol.